The van der Waals surface area contributed by atoms with Crippen molar-refractivity contribution in [2.24, 2.45) is 0 Å². The van der Waals surface area contributed by atoms with Crippen LogP contribution in [-0.2, 0) is 0 Å². The zero-order valence-corrected chi connectivity index (χ0v) is 11.9. The molecule has 0 fully saturated rings. The standard InChI is InChI=1S/C15H21N3O/c1-10-9-14(18-12(3)16-10)15(19)17-11(2)13-7-5-4-6-8-13/h7,9,11H,4-6,8H2,1-3H3,(H,17,19). The van der Waals surface area contributed by atoms with E-state index >= 15 is 0 Å². The van der Waals surface area contributed by atoms with Crippen LogP contribution in [0, 0.1) is 13.8 Å². The zero-order valence-electron chi connectivity index (χ0n) is 11.9. The lowest BCUT2D eigenvalue weighted by Gasteiger charge is -2.20. The fourth-order valence-electron chi connectivity index (χ4n) is 2.45. The minimum Gasteiger partial charge on any atom is -0.345 e. The van der Waals surface area contributed by atoms with Crippen molar-refractivity contribution in [3.8, 4) is 0 Å². The lowest BCUT2D eigenvalue weighted by atomic mass is 9.95. The summed E-state index contributed by atoms with van der Waals surface area (Å²) in [6.07, 6.45) is 6.95. The van der Waals surface area contributed by atoms with Gasteiger partial charge in [0.2, 0.25) is 0 Å². The summed E-state index contributed by atoms with van der Waals surface area (Å²) in [5.41, 5.74) is 2.61. The minimum absolute atomic E-state index is 0.0865. The lowest BCUT2D eigenvalue weighted by molar-refractivity contribution is 0.0939. The van der Waals surface area contributed by atoms with Crippen LogP contribution in [0.25, 0.3) is 0 Å². The fourth-order valence-corrected chi connectivity index (χ4v) is 2.45. The molecule has 1 atom stereocenters. The SMILES string of the molecule is Cc1cc(C(=O)NC(C)C2=CCCCC2)nc(C)n1. The number of hydrogen-bond donors (Lipinski definition) is 1. The molecule has 0 saturated heterocycles. The second-order valence-corrected chi connectivity index (χ2v) is 5.16. The van der Waals surface area contributed by atoms with Crippen LogP contribution in [0.3, 0.4) is 0 Å². The van der Waals surface area contributed by atoms with Crippen molar-refractivity contribution in [2.45, 2.75) is 52.5 Å². The molecule has 1 heterocycles. The van der Waals surface area contributed by atoms with E-state index < -0.39 is 0 Å². The van der Waals surface area contributed by atoms with Gasteiger partial charge in [0.25, 0.3) is 5.91 Å². The van der Waals surface area contributed by atoms with E-state index in [4.69, 9.17) is 0 Å². The summed E-state index contributed by atoms with van der Waals surface area (Å²) in [6, 6.07) is 1.81. The number of nitrogens with one attached hydrogen (secondary N) is 1. The fraction of sp³-hybridized carbons (Fsp3) is 0.533. The van der Waals surface area contributed by atoms with Crippen molar-refractivity contribution in [2.75, 3.05) is 0 Å². The molecule has 1 amide bonds. The van der Waals surface area contributed by atoms with Gasteiger partial charge in [-0.2, -0.15) is 0 Å². The molecule has 4 heteroatoms. The number of rotatable bonds is 3. The predicted molar refractivity (Wildman–Crippen MR) is 75.0 cm³/mol. The minimum atomic E-state index is -0.118. The summed E-state index contributed by atoms with van der Waals surface area (Å²) < 4.78 is 0. The average Bonchev–Trinajstić information content (AvgIpc) is 2.38. The van der Waals surface area contributed by atoms with Crippen molar-refractivity contribution < 1.29 is 4.79 Å². The Morgan fingerprint density at radius 2 is 2.11 bits per heavy atom. The topological polar surface area (TPSA) is 54.9 Å². The molecule has 0 aliphatic heterocycles. The third-order valence-electron chi connectivity index (χ3n) is 3.43. The Bertz CT molecular complexity index is 488. The van der Waals surface area contributed by atoms with E-state index in [-0.39, 0.29) is 11.9 Å². The van der Waals surface area contributed by atoms with E-state index in [0.717, 1.165) is 18.5 Å². The molecule has 2 rings (SSSR count). The first-order valence-electron chi connectivity index (χ1n) is 6.88. The molecular weight excluding hydrogens is 238 g/mol. The number of carbonyl (C=O) groups excluding carboxylic acids is 1. The molecule has 19 heavy (non-hydrogen) atoms. The lowest BCUT2D eigenvalue weighted by Crippen LogP contribution is -2.35. The maximum atomic E-state index is 12.2. The first-order valence-corrected chi connectivity index (χ1v) is 6.88. The van der Waals surface area contributed by atoms with Crippen molar-refractivity contribution >= 4 is 5.91 Å². The van der Waals surface area contributed by atoms with Gasteiger partial charge < -0.3 is 5.32 Å². The van der Waals surface area contributed by atoms with Gasteiger partial charge in [0, 0.05) is 11.7 Å². The highest BCUT2D eigenvalue weighted by Gasteiger charge is 2.16. The number of carbonyl (C=O) groups is 1. The van der Waals surface area contributed by atoms with Gasteiger partial charge in [-0.05, 0) is 52.5 Å². The smallest absolute Gasteiger partial charge is 0.270 e. The molecule has 0 bridgehead atoms. The number of allylic oxidation sites excluding steroid dienone is 1. The van der Waals surface area contributed by atoms with Gasteiger partial charge in [-0.3, -0.25) is 4.79 Å². The first kappa shape index (κ1) is 13.7. The molecular formula is C15H21N3O. The summed E-state index contributed by atoms with van der Waals surface area (Å²) in [6.45, 7) is 5.71. The summed E-state index contributed by atoms with van der Waals surface area (Å²) in [5.74, 6) is 0.516. The molecule has 1 N–H and O–H groups in total. The highest BCUT2D eigenvalue weighted by atomic mass is 16.1. The first-order chi connectivity index (χ1) is 9.06. The van der Waals surface area contributed by atoms with Gasteiger partial charge in [-0.15, -0.1) is 0 Å². The molecule has 0 saturated carbocycles. The van der Waals surface area contributed by atoms with E-state index in [1.807, 2.05) is 13.8 Å². The van der Waals surface area contributed by atoms with Crippen LogP contribution in [0.15, 0.2) is 17.7 Å². The van der Waals surface area contributed by atoms with E-state index in [2.05, 4.69) is 21.4 Å². The molecule has 1 aliphatic rings. The van der Waals surface area contributed by atoms with E-state index in [0.29, 0.717) is 11.5 Å². The van der Waals surface area contributed by atoms with Gasteiger partial charge in [0.1, 0.15) is 11.5 Å². The third-order valence-corrected chi connectivity index (χ3v) is 3.43. The van der Waals surface area contributed by atoms with Gasteiger partial charge in [-0.25, -0.2) is 9.97 Å². The molecule has 102 valence electrons. The number of nitrogens with zero attached hydrogens (tertiary/aromatic N) is 2. The van der Waals surface area contributed by atoms with Gasteiger partial charge in [0.05, 0.1) is 0 Å². The van der Waals surface area contributed by atoms with Gasteiger partial charge in [0.15, 0.2) is 0 Å². The average molecular weight is 259 g/mol. The third kappa shape index (κ3) is 3.63. The number of aromatic nitrogens is 2. The predicted octanol–water partition coefficient (Wildman–Crippen LogP) is 2.71. The number of aryl methyl sites for hydroxylation is 2. The highest BCUT2D eigenvalue weighted by molar-refractivity contribution is 5.92. The molecule has 0 spiro atoms. The second-order valence-electron chi connectivity index (χ2n) is 5.16. The van der Waals surface area contributed by atoms with Crippen LogP contribution in [0.1, 0.15) is 54.6 Å². The van der Waals surface area contributed by atoms with Crippen molar-refractivity contribution in [3.63, 3.8) is 0 Å². The molecule has 1 aromatic heterocycles. The molecule has 1 aliphatic carbocycles. The largest absolute Gasteiger partial charge is 0.345 e. The summed E-state index contributed by atoms with van der Waals surface area (Å²) in [7, 11) is 0. The molecule has 0 aromatic carbocycles. The van der Waals surface area contributed by atoms with E-state index in [1.54, 1.807) is 13.0 Å². The number of hydrogen-bond acceptors (Lipinski definition) is 3. The number of amides is 1. The Hall–Kier alpha value is -1.71. The van der Waals surface area contributed by atoms with Crippen LogP contribution >= 0.6 is 0 Å². The Kier molecular flexibility index (Phi) is 4.30. The van der Waals surface area contributed by atoms with Gasteiger partial charge >= 0.3 is 0 Å². The van der Waals surface area contributed by atoms with E-state index in [9.17, 15) is 4.79 Å². The maximum Gasteiger partial charge on any atom is 0.270 e. The molecule has 0 radical (unpaired) electrons. The monoisotopic (exact) mass is 259 g/mol. The molecule has 1 aromatic rings. The Morgan fingerprint density at radius 1 is 1.32 bits per heavy atom. The van der Waals surface area contributed by atoms with Crippen LogP contribution in [0.4, 0.5) is 0 Å². The van der Waals surface area contributed by atoms with Crippen molar-refractivity contribution in [3.05, 3.63) is 34.9 Å². The Labute approximate surface area is 114 Å². The van der Waals surface area contributed by atoms with Gasteiger partial charge in [-0.1, -0.05) is 11.6 Å². The molecule has 4 nitrogen and oxygen atoms in total. The quantitative estimate of drug-likeness (QED) is 0.849. The second kappa shape index (κ2) is 5.95. The Morgan fingerprint density at radius 3 is 2.74 bits per heavy atom. The van der Waals surface area contributed by atoms with Crippen LogP contribution < -0.4 is 5.32 Å². The Balaban J connectivity index is 2.05. The van der Waals surface area contributed by atoms with Crippen LogP contribution in [0.5, 0.6) is 0 Å². The normalized spacial score (nSPS) is 16.7. The summed E-state index contributed by atoms with van der Waals surface area (Å²) in [5, 5.41) is 3.02. The summed E-state index contributed by atoms with van der Waals surface area (Å²) in [4.78, 5) is 20.5. The maximum absolute atomic E-state index is 12.2. The van der Waals surface area contributed by atoms with Crippen molar-refractivity contribution in [1.82, 2.24) is 15.3 Å². The zero-order chi connectivity index (χ0) is 13.8. The van der Waals surface area contributed by atoms with Crippen LogP contribution in [-0.4, -0.2) is 21.9 Å². The van der Waals surface area contributed by atoms with Crippen LogP contribution in [0.2, 0.25) is 0 Å². The van der Waals surface area contributed by atoms with E-state index in [1.165, 1.54) is 18.4 Å². The highest BCUT2D eigenvalue weighted by Crippen LogP contribution is 2.20. The summed E-state index contributed by atoms with van der Waals surface area (Å²) >= 11 is 0. The molecule has 1 unspecified atom stereocenters. The van der Waals surface area contributed by atoms with Crippen molar-refractivity contribution in [1.29, 1.82) is 0 Å².